The van der Waals surface area contributed by atoms with Crippen molar-refractivity contribution in [2.75, 3.05) is 19.6 Å². The van der Waals surface area contributed by atoms with E-state index in [0.717, 1.165) is 30.6 Å². The summed E-state index contributed by atoms with van der Waals surface area (Å²) in [5.41, 5.74) is 0.852. The van der Waals surface area contributed by atoms with Crippen LogP contribution >= 0.6 is 23.7 Å². The third-order valence-electron chi connectivity index (χ3n) is 3.37. The van der Waals surface area contributed by atoms with Gasteiger partial charge in [-0.3, -0.25) is 4.79 Å². The van der Waals surface area contributed by atoms with E-state index in [9.17, 15) is 4.79 Å². The maximum atomic E-state index is 12.5. The molecule has 1 aromatic heterocycles. The van der Waals surface area contributed by atoms with E-state index in [-0.39, 0.29) is 18.3 Å². The van der Waals surface area contributed by atoms with Crippen LogP contribution in [0.1, 0.15) is 17.3 Å². The quantitative estimate of drug-likeness (QED) is 0.877. The van der Waals surface area contributed by atoms with Crippen LogP contribution in [-0.4, -0.2) is 36.5 Å². The van der Waals surface area contributed by atoms with Crippen LogP contribution in [0.15, 0.2) is 29.6 Å². The van der Waals surface area contributed by atoms with Crippen molar-refractivity contribution >= 4 is 39.7 Å². The Labute approximate surface area is 123 Å². The van der Waals surface area contributed by atoms with Gasteiger partial charge < -0.3 is 10.2 Å². The molecule has 1 amide bonds. The van der Waals surface area contributed by atoms with Crippen molar-refractivity contribution in [1.29, 1.82) is 0 Å². The first-order chi connectivity index (χ1) is 8.75. The first-order valence-corrected chi connectivity index (χ1v) is 7.12. The Morgan fingerprint density at radius 2 is 2.21 bits per heavy atom. The number of thiophene rings is 1. The number of amides is 1. The predicted octanol–water partition coefficient (Wildman–Crippen LogP) is 2.76. The van der Waals surface area contributed by atoms with Crippen LogP contribution in [0, 0.1) is 0 Å². The number of nitrogens with one attached hydrogen (secondary N) is 1. The largest absolute Gasteiger partial charge is 0.336 e. The Morgan fingerprint density at radius 1 is 1.42 bits per heavy atom. The van der Waals surface area contributed by atoms with Crippen LogP contribution in [0.25, 0.3) is 10.1 Å². The standard InChI is InChI=1S/C14H16N2OS.ClH/c1-10-8-16(7-6-15-10)14(17)12-9-18-13-5-3-2-4-11(12)13;/h2-5,9-10,15H,6-8H2,1H3;1H/t10-;/m1./s1. The molecule has 3 nitrogen and oxygen atoms in total. The van der Waals surface area contributed by atoms with Gasteiger partial charge in [-0.25, -0.2) is 0 Å². The van der Waals surface area contributed by atoms with Crippen LogP contribution < -0.4 is 5.32 Å². The predicted molar refractivity (Wildman–Crippen MR) is 82.4 cm³/mol. The smallest absolute Gasteiger partial charge is 0.255 e. The van der Waals surface area contributed by atoms with E-state index in [0.29, 0.717) is 6.04 Å². The summed E-state index contributed by atoms with van der Waals surface area (Å²) in [4.78, 5) is 14.5. The first kappa shape index (κ1) is 14.3. The van der Waals surface area contributed by atoms with Gasteiger partial charge in [0.05, 0.1) is 5.56 Å². The highest BCUT2D eigenvalue weighted by Gasteiger charge is 2.23. The maximum absolute atomic E-state index is 12.5. The lowest BCUT2D eigenvalue weighted by Gasteiger charge is -2.31. The van der Waals surface area contributed by atoms with E-state index in [4.69, 9.17) is 0 Å². The number of hydrogen-bond donors (Lipinski definition) is 1. The summed E-state index contributed by atoms with van der Waals surface area (Å²) in [5, 5.41) is 6.43. The van der Waals surface area contributed by atoms with Crippen LogP contribution in [0.5, 0.6) is 0 Å². The van der Waals surface area contributed by atoms with Crippen LogP contribution in [-0.2, 0) is 0 Å². The molecule has 0 radical (unpaired) electrons. The van der Waals surface area contributed by atoms with Crippen LogP contribution in [0.3, 0.4) is 0 Å². The topological polar surface area (TPSA) is 32.3 Å². The molecular weight excluding hydrogens is 280 g/mol. The molecule has 0 bridgehead atoms. The van der Waals surface area contributed by atoms with E-state index in [1.54, 1.807) is 11.3 Å². The Bertz CT molecular complexity index is 584. The van der Waals surface area contributed by atoms with Gasteiger partial charge in [0, 0.05) is 41.1 Å². The second-order valence-electron chi connectivity index (χ2n) is 4.75. The summed E-state index contributed by atoms with van der Waals surface area (Å²) in [5.74, 6) is 0.167. The molecule has 0 aliphatic carbocycles. The summed E-state index contributed by atoms with van der Waals surface area (Å²) in [6, 6.07) is 8.49. The summed E-state index contributed by atoms with van der Waals surface area (Å²) >= 11 is 1.64. The molecule has 19 heavy (non-hydrogen) atoms. The lowest BCUT2D eigenvalue weighted by atomic mass is 10.1. The van der Waals surface area contributed by atoms with Crippen molar-refractivity contribution < 1.29 is 4.79 Å². The van der Waals surface area contributed by atoms with Gasteiger partial charge in [0.1, 0.15) is 0 Å². The van der Waals surface area contributed by atoms with Gasteiger partial charge in [-0.1, -0.05) is 18.2 Å². The minimum atomic E-state index is 0. The molecule has 0 saturated carbocycles. The highest BCUT2D eigenvalue weighted by atomic mass is 35.5. The van der Waals surface area contributed by atoms with Gasteiger partial charge in [-0.05, 0) is 13.0 Å². The van der Waals surface area contributed by atoms with Crippen molar-refractivity contribution in [1.82, 2.24) is 10.2 Å². The lowest BCUT2D eigenvalue weighted by molar-refractivity contribution is 0.0711. The van der Waals surface area contributed by atoms with E-state index in [1.807, 2.05) is 28.5 Å². The fraction of sp³-hybridized carbons (Fsp3) is 0.357. The molecule has 1 aliphatic rings. The van der Waals surface area contributed by atoms with Gasteiger partial charge in [0.15, 0.2) is 0 Å². The lowest BCUT2D eigenvalue weighted by Crippen LogP contribution is -2.51. The zero-order valence-corrected chi connectivity index (χ0v) is 12.4. The van der Waals surface area contributed by atoms with Crippen molar-refractivity contribution in [3.63, 3.8) is 0 Å². The van der Waals surface area contributed by atoms with E-state index >= 15 is 0 Å². The van der Waals surface area contributed by atoms with Gasteiger partial charge in [0.2, 0.25) is 0 Å². The SMILES string of the molecule is C[C@@H]1CN(C(=O)c2csc3ccccc23)CCN1.Cl. The van der Waals surface area contributed by atoms with Gasteiger partial charge in [-0.15, -0.1) is 23.7 Å². The molecule has 3 rings (SSSR count). The third kappa shape index (κ3) is 2.76. The number of carbonyl (C=O) groups is 1. The fourth-order valence-corrected chi connectivity index (χ4v) is 3.37. The minimum Gasteiger partial charge on any atom is -0.336 e. The maximum Gasteiger partial charge on any atom is 0.255 e. The monoisotopic (exact) mass is 296 g/mol. The molecule has 1 fully saturated rings. The minimum absolute atomic E-state index is 0. The average molecular weight is 297 g/mol. The Balaban J connectivity index is 0.00000133. The molecule has 2 aromatic rings. The summed E-state index contributed by atoms with van der Waals surface area (Å²) in [7, 11) is 0. The van der Waals surface area contributed by atoms with E-state index in [2.05, 4.69) is 18.3 Å². The molecule has 1 atom stereocenters. The number of rotatable bonds is 1. The molecular formula is C14H17ClN2OS. The Hall–Kier alpha value is -1.10. The molecule has 0 spiro atoms. The molecule has 1 aliphatic heterocycles. The summed E-state index contributed by atoms with van der Waals surface area (Å²) in [6.45, 7) is 4.59. The fourth-order valence-electron chi connectivity index (χ4n) is 2.43. The Morgan fingerprint density at radius 3 is 3.00 bits per heavy atom. The summed E-state index contributed by atoms with van der Waals surface area (Å²) < 4.78 is 1.18. The number of benzene rings is 1. The molecule has 0 unspecified atom stereocenters. The van der Waals surface area contributed by atoms with E-state index in [1.165, 1.54) is 4.70 Å². The van der Waals surface area contributed by atoms with Gasteiger partial charge in [0.25, 0.3) is 5.91 Å². The van der Waals surface area contributed by atoms with Crippen molar-refractivity contribution in [2.24, 2.45) is 0 Å². The third-order valence-corrected chi connectivity index (χ3v) is 4.33. The molecule has 1 N–H and O–H groups in total. The summed E-state index contributed by atoms with van der Waals surface area (Å²) in [6.07, 6.45) is 0. The van der Waals surface area contributed by atoms with E-state index < -0.39 is 0 Å². The normalized spacial score (nSPS) is 19.2. The highest BCUT2D eigenvalue weighted by molar-refractivity contribution is 7.17. The second-order valence-corrected chi connectivity index (χ2v) is 5.66. The molecule has 102 valence electrons. The number of piperazine rings is 1. The molecule has 1 saturated heterocycles. The zero-order chi connectivity index (χ0) is 12.5. The van der Waals surface area contributed by atoms with Crippen LogP contribution in [0.2, 0.25) is 0 Å². The molecule has 2 heterocycles. The number of fused-ring (bicyclic) bond motifs is 1. The molecule has 5 heteroatoms. The zero-order valence-electron chi connectivity index (χ0n) is 10.8. The Kier molecular flexibility index (Phi) is 4.45. The van der Waals surface area contributed by atoms with Crippen molar-refractivity contribution in [3.05, 3.63) is 35.2 Å². The number of nitrogens with zero attached hydrogens (tertiary/aromatic N) is 1. The van der Waals surface area contributed by atoms with Gasteiger partial charge >= 0.3 is 0 Å². The van der Waals surface area contributed by atoms with Crippen molar-refractivity contribution in [3.8, 4) is 0 Å². The number of halogens is 1. The van der Waals surface area contributed by atoms with Gasteiger partial charge in [-0.2, -0.15) is 0 Å². The first-order valence-electron chi connectivity index (χ1n) is 6.24. The molecule has 1 aromatic carbocycles. The number of hydrogen-bond acceptors (Lipinski definition) is 3. The number of carbonyl (C=O) groups excluding carboxylic acids is 1. The second kappa shape index (κ2) is 5.90. The van der Waals surface area contributed by atoms with Crippen LogP contribution in [0.4, 0.5) is 0 Å². The highest BCUT2D eigenvalue weighted by Crippen LogP contribution is 2.26. The van der Waals surface area contributed by atoms with Crippen molar-refractivity contribution in [2.45, 2.75) is 13.0 Å². The average Bonchev–Trinajstić information content (AvgIpc) is 2.82.